The maximum atomic E-state index is 13.5. The van der Waals surface area contributed by atoms with Gasteiger partial charge in [-0.25, -0.2) is 8.42 Å². The fourth-order valence-electron chi connectivity index (χ4n) is 3.79. The van der Waals surface area contributed by atoms with Crippen LogP contribution in [0.4, 0.5) is 5.69 Å². The number of hydrogen-bond acceptors (Lipinski definition) is 6. The zero-order valence-electron chi connectivity index (χ0n) is 17.9. The number of amides is 1. The summed E-state index contributed by atoms with van der Waals surface area (Å²) in [4.78, 5) is 12.9. The molecular weight excluding hydrogens is 468 g/mol. The van der Waals surface area contributed by atoms with E-state index in [1.807, 2.05) is 26.8 Å². The summed E-state index contributed by atoms with van der Waals surface area (Å²) >= 11 is 6.99. The molecular formula is C22H23ClN4O3S2. The zero-order chi connectivity index (χ0) is 23.0. The summed E-state index contributed by atoms with van der Waals surface area (Å²) in [5.74, 6) is -0.395. The number of aryl methyl sites for hydroxylation is 3. The van der Waals surface area contributed by atoms with Crippen LogP contribution in [-0.4, -0.2) is 35.4 Å². The van der Waals surface area contributed by atoms with E-state index in [1.165, 1.54) is 4.31 Å². The summed E-state index contributed by atoms with van der Waals surface area (Å²) in [6, 6.07) is 9.95. The van der Waals surface area contributed by atoms with Crippen molar-refractivity contribution >= 4 is 44.6 Å². The van der Waals surface area contributed by atoms with Gasteiger partial charge in [0.15, 0.2) is 0 Å². The molecule has 0 aliphatic carbocycles. The lowest BCUT2D eigenvalue weighted by molar-refractivity contribution is 0.102. The predicted molar refractivity (Wildman–Crippen MR) is 126 cm³/mol. The van der Waals surface area contributed by atoms with E-state index in [0.717, 1.165) is 34.4 Å². The van der Waals surface area contributed by atoms with Gasteiger partial charge in [-0.2, -0.15) is 4.31 Å². The molecule has 32 heavy (non-hydrogen) atoms. The zero-order valence-corrected chi connectivity index (χ0v) is 20.3. The van der Waals surface area contributed by atoms with Gasteiger partial charge in [-0.05, 0) is 80.6 Å². The third-order valence-electron chi connectivity index (χ3n) is 5.60. The molecule has 1 aliphatic rings. The minimum atomic E-state index is -3.71. The molecule has 1 N–H and O–H groups in total. The number of rotatable bonds is 5. The van der Waals surface area contributed by atoms with Crippen LogP contribution < -0.4 is 5.32 Å². The fraction of sp³-hybridized carbons (Fsp3) is 0.318. The summed E-state index contributed by atoms with van der Waals surface area (Å²) < 4.78 is 28.5. The van der Waals surface area contributed by atoms with Gasteiger partial charge >= 0.3 is 0 Å². The molecule has 0 spiro atoms. The van der Waals surface area contributed by atoms with Crippen molar-refractivity contribution in [1.29, 1.82) is 0 Å². The second kappa shape index (κ2) is 8.90. The number of sulfonamides is 1. The van der Waals surface area contributed by atoms with Crippen molar-refractivity contribution in [3.05, 3.63) is 68.1 Å². The van der Waals surface area contributed by atoms with E-state index < -0.39 is 22.0 Å². The average Bonchev–Trinajstić information content (AvgIpc) is 3.42. The Morgan fingerprint density at radius 2 is 1.78 bits per heavy atom. The third-order valence-corrected chi connectivity index (χ3v) is 8.93. The summed E-state index contributed by atoms with van der Waals surface area (Å²) in [5, 5.41) is 12.2. The highest BCUT2D eigenvalue weighted by Crippen LogP contribution is 2.38. The molecule has 3 aromatic rings. The Balaban J connectivity index is 1.58. The van der Waals surface area contributed by atoms with E-state index in [0.29, 0.717) is 33.6 Å². The van der Waals surface area contributed by atoms with Gasteiger partial charge in [-0.15, -0.1) is 10.2 Å². The normalized spacial score (nSPS) is 16.9. The standard InChI is InChI=1S/C22H23ClN4O3S2/c1-13-11-15(3)19(12-14(13)2)32(29,30)27-10-4-5-18(27)21-25-26-22(31-21)20(28)24-17-8-6-16(23)7-9-17/h6-9,11-12,18H,4-5,10H2,1-3H3,(H,24,28)/t18-/m0/s1. The van der Waals surface area contributed by atoms with Gasteiger partial charge < -0.3 is 5.32 Å². The highest BCUT2D eigenvalue weighted by Gasteiger charge is 2.39. The van der Waals surface area contributed by atoms with Gasteiger partial charge in [-0.1, -0.05) is 29.0 Å². The van der Waals surface area contributed by atoms with Crippen LogP contribution in [-0.2, 0) is 10.0 Å². The van der Waals surface area contributed by atoms with Crippen LogP contribution >= 0.6 is 22.9 Å². The molecule has 1 fully saturated rings. The lowest BCUT2D eigenvalue weighted by Gasteiger charge is -2.23. The predicted octanol–water partition coefficient (Wildman–Crippen LogP) is 4.89. The summed E-state index contributed by atoms with van der Waals surface area (Å²) in [7, 11) is -3.71. The molecule has 2 aromatic carbocycles. The van der Waals surface area contributed by atoms with E-state index >= 15 is 0 Å². The van der Waals surface area contributed by atoms with Crippen LogP contribution in [0, 0.1) is 20.8 Å². The Morgan fingerprint density at radius 1 is 1.09 bits per heavy atom. The molecule has 1 aliphatic heterocycles. The fourth-order valence-corrected chi connectivity index (χ4v) is 6.82. The Hall–Kier alpha value is -2.33. The molecule has 1 saturated heterocycles. The highest BCUT2D eigenvalue weighted by atomic mass is 35.5. The van der Waals surface area contributed by atoms with Crippen molar-refractivity contribution in [2.24, 2.45) is 0 Å². The first-order valence-electron chi connectivity index (χ1n) is 10.2. The molecule has 10 heteroatoms. The molecule has 0 radical (unpaired) electrons. The molecule has 0 bridgehead atoms. The van der Waals surface area contributed by atoms with E-state index in [-0.39, 0.29) is 5.01 Å². The Kier molecular flexibility index (Phi) is 6.35. The molecule has 7 nitrogen and oxygen atoms in total. The number of halogens is 1. The molecule has 1 atom stereocenters. The molecule has 1 amide bonds. The first-order valence-corrected chi connectivity index (χ1v) is 12.8. The number of carbonyl (C=O) groups excluding carboxylic acids is 1. The first kappa shape index (κ1) is 22.8. The average molecular weight is 491 g/mol. The minimum absolute atomic E-state index is 0.182. The monoisotopic (exact) mass is 490 g/mol. The quantitative estimate of drug-likeness (QED) is 0.549. The van der Waals surface area contributed by atoms with Gasteiger partial charge in [0.05, 0.1) is 10.9 Å². The second-order valence-corrected chi connectivity index (χ2v) is 11.2. The van der Waals surface area contributed by atoms with Gasteiger partial charge in [0.2, 0.25) is 15.0 Å². The number of hydrogen-bond donors (Lipinski definition) is 1. The maximum Gasteiger partial charge on any atom is 0.286 e. The van der Waals surface area contributed by atoms with Crippen LogP contribution in [0.3, 0.4) is 0 Å². The number of carbonyl (C=O) groups is 1. The van der Waals surface area contributed by atoms with Crippen molar-refractivity contribution in [2.75, 3.05) is 11.9 Å². The Bertz CT molecular complexity index is 1270. The van der Waals surface area contributed by atoms with Crippen molar-refractivity contribution in [3.8, 4) is 0 Å². The lowest BCUT2D eigenvalue weighted by atomic mass is 10.1. The van der Waals surface area contributed by atoms with E-state index in [2.05, 4.69) is 15.5 Å². The Morgan fingerprint density at radius 3 is 2.50 bits per heavy atom. The summed E-state index contributed by atoms with van der Waals surface area (Å²) in [6.07, 6.45) is 1.36. The second-order valence-electron chi connectivity index (χ2n) is 7.88. The maximum absolute atomic E-state index is 13.5. The smallest absolute Gasteiger partial charge is 0.286 e. The lowest BCUT2D eigenvalue weighted by Crippen LogP contribution is -2.31. The van der Waals surface area contributed by atoms with Crippen LogP contribution in [0.5, 0.6) is 0 Å². The molecule has 168 valence electrons. The molecule has 0 unspecified atom stereocenters. The number of anilines is 1. The van der Waals surface area contributed by atoms with E-state index in [1.54, 1.807) is 30.3 Å². The number of aromatic nitrogens is 2. The molecule has 4 rings (SSSR count). The van der Waals surface area contributed by atoms with Crippen molar-refractivity contribution < 1.29 is 13.2 Å². The Labute approximate surface area is 196 Å². The highest BCUT2D eigenvalue weighted by molar-refractivity contribution is 7.89. The third kappa shape index (κ3) is 4.43. The molecule has 1 aromatic heterocycles. The SMILES string of the molecule is Cc1cc(C)c(S(=O)(=O)N2CCC[C@H]2c2nnc(C(=O)Nc3ccc(Cl)cc3)s2)cc1C. The molecule has 2 heterocycles. The minimum Gasteiger partial charge on any atom is -0.320 e. The number of nitrogens with zero attached hydrogens (tertiary/aromatic N) is 3. The molecule has 0 saturated carbocycles. The topological polar surface area (TPSA) is 92.3 Å². The van der Waals surface area contributed by atoms with Crippen molar-refractivity contribution in [2.45, 2.75) is 44.6 Å². The van der Waals surface area contributed by atoms with E-state index in [9.17, 15) is 13.2 Å². The first-order chi connectivity index (χ1) is 15.2. The summed E-state index contributed by atoms with van der Waals surface area (Å²) in [6.45, 7) is 6.10. The van der Waals surface area contributed by atoms with Gasteiger partial charge in [-0.3, -0.25) is 4.79 Å². The van der Waals surface area contributed by atoms with Crippen LogP contribution in [0.2, 0.25) is 5.02 Å². The van der Waals surface area contributed by atoms with Crippen molar-refractivity contribution in [3.63, 3.8) is 0 Å². The van der Waals surface area contributed by atoms with Crippen LogP contribution in [0.25, 0.3) is 0 Å². The van der Waals surface area contributed by atoms with Gasteiger partial charge in [0.1, 0.15) is 5.01 Å². The van der Waals surface area contributed by atoms with Gasteiger partial charge in [0.25, 0.3) is 5.91 Å². The van der Waals surface area contributed by atoms with Crippen LogP contribution in [0.15, 0.2) is 41.3 Å². The number of benzene rings is 2. The summed E-state index contributed by atoms with van der Waals surface area (Å²) in [5.41, 5.74) is 3.30. The largest absolute Gasteiger partial charge is 0.320 e. The number of nitrogens with one attached hydrogen (secondary N) is 1. The van der Waals surface area contributed by atoms with Gasteiger partial charge in [0, 0.05) is 17.3 Å². The van der Waals surface area contributed by atoms with E-state index in [4.69, 9.17) is 11.6 Å². The van der Waals surface area contributed by atoms with Crippen LogP contribution in [0.1, 0.15) is 50.4 Å². The van der Waals surface area contributed by atoms with Crippen molar-refractivity contribution in [1.82, 2.24) is 14.5 Å².